The molecule has 2 aromatic heterocycles. The summed E-state index contributed by atoms with van der Waals surface area (Å²) in [5.74, 6) is -0.550. The highest BCUT2D eigenvalue weighted by Crippen LogP contribution is 2.34. The molecule has 0 aliphatic carbocycles. The standard InChI is InChI=1S/C12H10N4O2S.CH5N/c1-5-9(10(13)16-15-5)11-14-7-3-2-6(12(17)18)4-8(7)19-11;1-2/h2-4H,1H3,(H,17,18)(H3,13,15,16);2H2,1H3. The lowest BCUT2D eigenvalue weighted by Gasteiger charge is -1.93. The molecule has 0 saturated carbocycles. The van der Waals surface area contributed by atoms with E-state index in [0.717, 1.165) is 26.5 Å². The normalized spacial score (nSPS) is 10.2. The Hall–Kier alpha value is -2.45. The van der Waals surface area contributed by atoms with Crippen molar-refractivity contribution in [1.82, 2.24) is 15.2 Å². The Bertz CT molecular complexity index is 774. The van der Waals surface area contributed by atoms with Crippen molar-refractivity contribution in [3.8, 4) is 10.6 Å². The van der Waals surface area contributed by atoms with E-state index in [0.29, 0.717) is 5.82 Å². The summed E-state index contributed by atoms with van der Waals surface area (Å²) in [7, 11) is 1.50. The average molecular weight is 305 g/mol. The number of nitrogens with two attached hydrogens (primary N) is 2. The third-order valence-electron chi connectivity index (χ3n) is 2.82. The first kappa shape index (κ1) is 14.9. The molecule has 0 spiro atoms. The van der Waals surface area contributed by atoms with E-state index in [4.69, 9.17) is 10.8 Å². The zero-order valence-corrected chi connectivity index (χ0v) is 12.4. The summed E-state index contributed by atoms with van der Waals surface area (Å²) >= 11 is 1.40. The van der Waals surface area contributed by atoms with Crippen LogP contribution in [0.2, 0.25) is 0 Å². The van der Waals surface area contributed by atoms with Crippen molar-refractivity contribution in [2.45, 2.75) is 6.92 Å². The molecule has 0 saturated heterocycles. The monoisotopic (exact) mass is 305 g/mol. The molecule has 0 unspecified atom stereocenters. The van der Waals surface area contributed by atoms with Crippen LogP contribution >= 0.6 is 11.3 Å². The number of carbonyl (C=O) groups is 1. The van der Waals surface area contributed by atoms with Crippen LogP contribution in [0, 0.1) is 6.92 Å². The van der Waals surface area contributed by atoms with Crippen molar-refractivity contribution < 1.29 is 9.90 Å². The molecule has 6 N–H and O–H groups in total. The maximum atomic E-state index is 10.9. The minimum atomic E-state index is -0.948. The second-order valence-corrected chi connectivity index (χ2v) is 5.15. The number of anilines is 1. The number of thiazole rings is 1. The number of carboxylic acid groups (broad SMARTS) is 1. The predicted octanol–water partition coefficient (Wildman–Crippen LogP) is 1.85. The van der Waals surface area contributed by atoms with Crippen molar-refractivity contribution >= 4 is 33.3 Å². The lowest BCUT2D eigenvalue weighted by atomic mass is 10.2. The lowest BCUT2D eigenvalue weighted by Crippen LogP contribution is -1.94. The second-order valence-electron chi connectivity index (χ2n) is 4.12. The average Bonchev–Trinajstić information content (AvgIpc) is 3.03. The van der Waals surface area contributed by atoms with Gasteiger partial charge in [-0.1, -0.05) is 0 Å². The molecule has 0 atom stereocenters. The number of aromatic carboxylic acids is 1. The number of rotatable bonds is 2. The number of aromatic nitrogens is 3. The topological polar surface area (TPSA) is 131 Å². The number of carboxylic acids is 1. The summed E-state index contributed by atoms with van der Waals surface area (Å²) in [6, 6.07) is 4.86. The number of H-pyrrole nitrogens is 1. The van der Waals surface area contributed by atoms with Crippen LogP contribution in [0.15, 0.2) is 18.2 Å². The number of aryl methyl sites for hydroxylation is 1. The van der Waals surface area contributed by atoms with Gasteiger partial charge in [0.15, 0.2) is 5.82 Å². The second kappa shape index (κ2) is 5.90. The van der Waals surface area contributed by atoms with E-state index < -0.39 is 5.97 Å². The van der Waals surface area contributed by atoms with Gasteiger partial charge in [-0.3, -0.25) is 5.10 Å². The Kier molecular flexibility index (Phi) is 4.20. The van der Waals surface area contributed by atoms with Crippen LogP contribution in [0.25, 0.3) is 20.8 Å². The molecule has 3 aromatic rings. The van der Waals surface area contributed by atoms with Gasteiger partial charge >= 0.3 is 5.97 Å². The van der Waals surface area contributed by atoms with E-state index in [1.807, 2.05) is 6.92 Å². The van der Waals surface area contributed by atoms with Crippen LogP contribution in [0.3, 0.4) is 0 Å². The van der Waals surface area contributed by atoms with Crippen LogP contribution in [0.4, 0.5) is 5.82 Å². The lowest BCUT2D eigenvalue weighted by molar-refractivity contribution is 0.0697. The molecule has 21 heavy (non-hydrogen) atoms. The van der Waals surface area contributed by atoms with Crippen LogP contribution in [0.1, 0.15) is 16.1 Å². The van der Waals surface area contributed by atoms with Gasteiger partial charge in [0.05, 0.1) is 21.3 Å². The fourth-order valence-corrected chi connectivity index (χ4v) is 3.00. The molecular weight excluding hydrogens is 290 g/mol. The smallest absolute Gasteiger partial charge is 0.335 e. The van der Waals surface area contributed by atoms with Gasteiger partial charge in [-0.25, -0.2) is 9.78 Å². The number of hydrogen-bond acceptors (Lipinski definition) is 6. The van der Waals surface area contributed by atoms with Gasteiger partial charge in [-0.15, -0.1) is 11.3 Å². The van der Waals surface area contributed by atoms with E-state index in [1.165, 1.54) is 18.4 Å². The fraction of sp³-hybridized carbons (Fsp3) is 0.154. The number of nitrogens with one attached hydrogen (secondary N) is 1. The van der Waals surface area contributed by atoms with Gasteiger partial charge in [-0.2, -0.15) is 5.10 Å². The molecule has 110 valence electrons. The van der Waals surface area contributed by atoms with E-state index in [1.54, 1.807) is 18.2 Å². The van der Waals surface area contributed by atoms with E-state index in [-0.39, 0.29) is 5.56 Å². The Morgan fingerprint density at radius 3 is 2.67 bits per heavy atom. The quantitative estimate of drug-likeness (QED) is 0.571. The largest absolute Gasteiger partial charge is 0.478 e. The number of nitrogen functional groups attached to an aromatic ring is 1. The molecule has 0 bridgehead atoms. The van der Waals surface area contributed by atoms with Gasteiger partial charge in [0, 0.05) is 5.69 Å². The predicted molar refractivity (Wildman–Crippen MR) is 83.4 cm³/mol. The summed E-state index contributed by atoms with van der Waals surface area (Å²) < 4.78 is 0.815. The first-order chi connectivity index (χ1) is 10.1. The van der Waals surface area contributed by atoms with Gasteiger partial charge in [-0.05, 0) is 32.2 Å². The Balaban J connectivity index is 0.000000774. The zero-order chi connectivity index (χ0) is 15.6. The third kappa shape index (κ3) is 2.71. The summed E-state index contributed by atoms with van der Waals surface area (Å²) in [4.78, 5) is 15.4. The van der Waals surface area contributed by atoms with E-state index in [2.05, 4.69) is 20.9 Å². The Morgan fingerprint density at radius 2 is 2.10 bits per heavy atom. The minimum absolute atomic E-state index is 0.250. The molecule has 3 rings (SSSR count). The van der Waals surface area contributed by atoms with Crippen LogP contribution in [-0.2, 0) is 0 Å². The van der Waals surface area contributed by atoms with E-state index in [9.17, 15) is 4.79 Å². The summed E-state index contributed by atoms with van der Waals surface area (Å²) in [6.07, 6.45) is 0. The Morgan fingerprint density at radius 1 is 1.38 bits per heavy atom. The summed E-state index contributed by atoms with van der Waals surface area (Å²) in [6.45, 7) is 1.87. The minimum Gasteiger partial charge on any atom is -0.478 e. The molecule has 0 amide bonds. The first-order valence-corrected chi connectivity index (χ1v) is 6.90. The van der Waals surface area contributed by atoms with Crippen LogP contribution in [-0.4, -0.2) is 33.3 Å². The van der Waals surface area contributed by atoms with Gasteiger partial charge in [0.25, 0.3) is 0 Å². The highest BCUT2D eigenvalue weighted by atomic mass is 32.1. The van der Waals surface area contributed by atoms with Crippen molar-refractivity contribution in [3.05, 3.63) is 29.5 Å². The molecular formula is C13H15N5O2S. The fourth-order valence-electron chi connectivity index (χ4n) is 1.88. The SMILES string of the molecule is CN.Cc1[nH]nc(N)c1-c1nc2ccc(C(=O)O)cc2s1. The molecule has 0 aliphatic heterocycles. The number of benzene rings is 1. The molecule has 0 fully saturated rings. The van der Waals surface area contributed by atoms with E-state index >= 15 is 0 Å². The molecule has 0 radical (unpaired) electrons. The zero-order valence-electron chi connectivity index (χ0n) is 11.5. The first-order valence-electron chi connectivity index (χ1n) is 6.08. The van der Waals surface area contributed by atoms with Crippen LogP contribution < -0.4 is 11.5 Å². The highest BCUT2D eigenvalue weighted by molar-refractivity contribution is 7.21. The van der Waals surface area contributed by atoms with Crippen molar-refractivity contribution in [2.24, 2.45) is 5.73 Å². The number of fused-ring (bicyclic) bond motifs is 1. The van der Waals surface area contributed by atoms with Crippen molar-refractivity contribution in [1.29, 1.82) is 0 Å². The third-order valence-corrected chi connectivity index (χ3v) is 3.86. The molecule has 2 heterocycles. The van der Waals surface area contributed by atoms with Gasteiger partial charge in [0.1, 0.15) is 5.01 Å². The number of aromatic amines is 1. The molecule has 0 aliphatic rings. The highest BCUT2D eigenvalue weighted by Gasteiger charge is 2.15. The van der Waals surface area contributed by atoms with Crippen LogP contribution in [0.5, 0.6) is 0 Å². The van der Waals surface area contributed by atoms with Gasteiger partial charge in [0.2, 0.25) is 0 Å². The van der Waals surface area contributed by atoms with Gasteiger partial charge < -0.3 is 16.6 Å². The van der Waals surface area contributed by atoms with Crippen molar-refractivity contribution in [3.63, 3.8) is 0 Å². The summed E-state index contributed by atoms with van der Waals surface area (Å²) in [5, 5.41) is 16.5. The maximum absolute atomic E-state index is 10.9. The number of nitrogens with zero attached hydrogens (tertiary/aromatic N) is 2. The summed E-state index contributed by atoms with van der Waals surface area (Å²) in [5.41, 5.74) is 12.9. The van der Waals surface area contributed by atoms with Crippen molar-refractivity contribution in [2.75, 3.05) is 12.8 Å². The molecule has 8 heteroatoms. The molecule has 7 nitrogen and oxygen atoms in total. The Labute approximate surface area is 124 Å². The maximum Gasteiger partial charge on any atom is 0.335 e. The molecule has 1 aromatic carbocycles. The number of hydrogen-bond donors (Lipinski definition) is 4.